The number of halogens is 2. The summed E-state index contributed by atoms with van der Waals surface area (Å²) < 4.78 is 32.9. The minimum absolute atomic E-state index is 0.0739. The normalized spacial score (nSPS) is 26.4. The van der Waals surface area contributed by atoms with Crippen molar-refractivity contribution in [1.82, 2.24) is 15.1 Å². The molecule has 1 unspecified atom stereocenters. The van der Waals surface area contributed by atoms with Crippen molar-refractivity contribution >= 4 is 23.7 Å². The highest BCUT2D eigenvalue weighted by Crippen LogP contribution is 2.38. The predicted octanol–water partition coefficient (Wildman–Crippen LogP) is 5.07. The van der Waals surface area contributed by atoms with E-state index < -0.39 is 41.6 Å². The van der Waals surface area contributed by atoms with Crippen molar-refractivity contribution in [2.45, 2.75) is 63.1 Å². The van der Waals surface area contributed by atoms with Crippen LogP contribution in [0.3, 0.4) is 0 Å². The van der Waals surface area contributed by atoms with E-state index >= 15 is 0 Å². The number of benzene rings is 2. The molecule has 3 aliphatic rings. The molecule has 0 aromatic heterocycles. The molecule has 1 saturated carbocycles. The summed E-state index contributed by atoms with van der Waals surface area (Å²) in [7, 11) is 1.17. The fourth-order valence-corrected chi connectivity index (χ4v) is 6.64. The molecule has 0 bridgehead atoms. The van der Waals surface area contributed by atoms with Gasteiger partial charge in [-0.1, -0.05) is 24.3 Å². The molecule has 0 radical (unpaired) electrons. The van der Waals surface area contributed by atoms with Crippen molar-refractivity contribution in [1.29, 1.82) is 5.26 Å². The Morgan fingerprint density at radius 1 is 1.07 bits per heavy atom. The van der Waals surface area contributed by atoms with E-state index in [2.05, 4.69) is 21.3 Å². The Hall–Kier alpha value is -4.17. The van der Waals surface area contributed by atoms with Gasteiger partial charge in [-0.3, -0.25) is 9.69 Å². The van der Waals surface area contributed by atoms with Crippen LogP contribution >= 0.6 is 0 Å². The molecule has 5 rings (SSSR count). The lowest BCUT2D eigenvalue weighted by Gasteiger charge is -2.37. The van der Waals surface area contributed by atoms with Crippen molar-refractivity contribution in [3.8, 4) is 6.07 Å². The van der Waals surface area contributed by atoms with E-state index in [4.69, 9.17) is 4.74 Å². The SMILES string of the molecule is COC(=O)C1C(C)=NC(=O)N(C(=O)N[C@@H]2CCN(C3CCC(c4ccccc4C#N)CC3)C2)[C@H]1c1ccc(F)c(F)c1. The van der Waals surface area contributed by atoms with Crippen LogP contribution in [0.5, 0.6) is 0 Å². The second-order valence-electron chi connectivity index (χ2n) is 11.2. The number of nitrogens with one attached hydrogen (secondary N) is 1. The van der Waals surface area contributed by atoms with E-state index in [1.54, 1.807) is 0 Å². The highest BCUT2D eigenvalue weighted by Gasteiger charge is 2.46. The zero-order valence-electron chi connectivity index (χ0n) is 23.6. The number of nitriles is 1. The molecule has 4 amide bonds. The van der Waals surface area contributed by atoms with Crippen molar-refractivity contribution in [2.75, 3.05) is 20.2 Å². The number of rotatable bonds is 5. The maximum atomic E-state index is 14.2. The van der Waals surface area contributed by atoms with E-state index in [1.165, 1.54) is 20.1 Å². The third kappa shape index (κ3) is 5.77. The Bertz CT molecular complexity index is 1450. The molecule has 3 atom stereocenters. The number of nitrogens with zero attached hydrogens (tertiary/aromatic N) is 4. The number of esters is 1. The fraction of sp³-hybridized carbons (Fsp3) is 0.452. The molecule has 2 aliphatic heterocycles. The summed E-state index contributed by atoms with van der Waals surface area (Å²) in [5.74, 6) is -3.84. The number of hydrogen-bond donors (Lipinski definition) is 1. The van der Waals surface area contributed by atoms with E-state index in [0.717, 1.165) is 60.4 Å². The van der Waals surface area contributed by atoms with Crippen molar-refractivity contribution < 1.29 is 27.9 Å². The average molecular weight is 578 g/mol. The van der Waals surface area contributed by atoms with Gasteiger partial charge in [0, 0.05) is 30.9 Å². The van der Waals surface area contributed by atoms with Crippen LogP contribution in [0, 0.1) is 28.9 Å². The number of methoxy groups -OCH3 is 1. The molecule has 2 heterocycles. The Balaban J connectivity index is 1.27. The topological polar surface area (TPSA) is 115 Å². The monoisotopic (exact) mass is 577 g/mol. The third-order valence-electron chi connectivity index (χ3n) is 8.76. The van der Waals surface area contributed by atoms with Gasteiger partial charge in [0.2, 0.25) is 0 Å². The fourth-order valence-electron chi connectivity index (χ4n) is 6.64. The molecule has 220 valence electrons. The number of imide groups is 1. The zero-order valence-corrected chi connectivity index (χ0v) is 23.6. The summed E-state index contributed by atoms with van der Waals surface area (Å²) >= 11 is 0. The number of amides is 4. The summed E-state index contributed by atoms with van der Waals surface area (Å²) in [5.41, 5.74) is 2.03. The first-order valence-corrected chi connectivity index (χ1v) is 14.2. The average Bonchev–Trinajstić information content (AvgIpc) is 3.46. The molecular formula is C31H33F2N5O4. The Morgan fingerprint density at radius 2 is 1.81 bits per heavy atom. The van der Waals surface area contributed by atoms with Gasteiger partial charge < -0.3 is 10.1 Å². The first-order valence-electron chi connectivity index (χ1n) is 14.2. The molecule has 1 N–H and O–H groups in total. The molecule has 42 heavy (non-hydrogen) atoms. The lowest BCUT2D eigenvalue weighted by Crippen LogP contribution is -2.54. The summed E-state index contributed by atoms with van der Waals surface area (Å²) in [6.07, 6.45) is 4.57. The van der Waals surface area contributed by atoms with E-state index in [-0.39, 0.29) is 17.3 Å². The van der Waals surface area contributed by atoms with Gasteiger partial charge in [-0.15, -0.1) is 0 Å². The van der Waals surface area contributed by atoms with Gasteiger partial charge in [0.1, 0.15) is 5.92 Å². The van der Waals surface area contributed by atoms with Gasteiger partial charge >= 0.3 is 18.0 Å². The van der Waals surface area contributed by atoms with Crippen LogP contribution in [0.2, 0.25) is 0 Å². The van der Waals surface area contributed by atoms with Crippen LogP contribution in [0.25, 0.3) is 0 Å². The lowest BCUT2D eigenvalue weighted by molar-refractivity contribution is -0.144. The van der Waals surface area contributed by atoms with Gasteiger partial charge in [0.05, 0.1) is 24.8 Å². The van der Waals surface area contributed by atoms with E-state index in [9.17, 15) is 28.4 Å². The third-order valence-corrected chi connectivity index (χ3v) is 8.76. The first kappa shape index (κ1) is 29.3. The van der Waals surface area contributed by atoms with Crippen LogP contribution in [0.15, 0.2) is 47.5 Å². The minimum atomic E-state index is -1.26. The molecule has 9 nitrogen and oxygen atoms in total. The van der Waals surface area contributed by atoms with E-state index in [0.29, 0.717) is 24.9 Å². The summed E-state index contributed by atoms with van der Waals surface area (Å²) in [4.78, 5) is 46.4. The van der Waals surface area contributed by atoms with Crippen molar-refractivity contribution in [2.24, 2.45) is 10.9 Å². The second-order valence-corrected chi connectivity index (χ2v) is 11.2. The predicted molar refractivity (Wildman–Crippen MR) is 150 cm³/mol. The molecule has 1 saturated heterocycles. The van der Waals surface area contributed by atoms with Crippen molar-refractivity contribution in [3.05, 3.63) is 70.8 Å². The summed E-state index contributed by atoms with van der Waals surface area (Å²) in [6.45, 7) is 2.83. The number of ether oxygens (including phenoxy) is 1. The standard InChI is InChI=1S/C31H33F2N5O4/c1-18-27(29(39)42-2)28(20-9-12-25(32)26(33)15-20)38(30(40)35-18)31(41)36-22-13-14-37(17-22)23-10-7-19(8-11-23)24-6-4-3-5-21(24)16-34/h3-6,9,12,15,19,22-23,27-28H,7-8,10-11,13-14,17H2,1-2H3,(H,36,41)/t19?,22-,23?,27?,28+/m1/s1. The molecule has 1 aliphatic carbocycles. The van der Waals surface area contributed by atoms with Gasteiger partial charge in [0.25, 0.3) is 0 Å². The minimum Gasteiger partial charge on any atom is -0.468 e. The zero-order chi connectivity index (χ0) is 30.0. The molecule has 2 aromatic rings. The Morgan fingerprint density at radius 3 is 2.50 bits per heavy atom. The second kappa shape index (κ2) is 12.4. The van der Waals surface area contributed by atoms with Crippen molar-refractivity contribution in [3.63, 3.8) is 0 Å². The van der Waals surface area contributed by atoms with Gasteiger partial charge in [-0.05, 0) is 74.3 Å². The molecule has 2 aromatic carbocycles. The smallest absolute Gasteiger partial charge is 0.352 e. The Labute approximate surface area is 243 Å². The van der Waals surface area contributed by atoms with Crippen LogP contribution in [-0.4, -0.2) is 65.8 Å². The largest absolute Gasteiger partial charge is 0.468 e. The number of urea groups is 2. The van der Waals surface area contributed by atoms with Crippen LogP contribution in [0.1, 0.15) is 67.7 Å². The quantitative estimate of drug-likeness (QED) is 0.496. The maximum Gasteiger partial charge on any atom is 0.352 e. The summed E-state index contributed by atoms with van der Waals surface area (Å²) in [5, 5.41) is 12.4. The number of likely N-dealkylation sites (tertiary alicyclic amines) is 1. The molecular weight excluding hydrogens is 544 g/mol. The number of carbonyl (C=O) groups excluding carboxylic acids is 3. The van der Waals surface area contributed by atoms with Crippen LogP contribution < -0.4 is 5.32 Å². The highest BCUT2D eigenvalue weighted by molar-refractivity contribution is 6.11. The number of aliphatic imine (C=N–C) groups is 1. The van der Waals surface area contributed by atoms with Gasteiger partial charge in [0.15, 0.2) is 11.6 Å². The van der Waals surface area contributed by atoms with Gasteiger partial charge in [-0.2, -0.15) is 5.26 Å². The molecule has 0 spiro atoms. The maximum absolute atomic E-state index is 14.2. The first-order chi connectivity index (χ1) is 20.2. The van der Waals surface area contributed by atoms with Gasteiger partial charge in [-0.25, -0.2) is 28.3 Å². The highest BCUT2D eigenvalue weighted by atomic mass is 19.2. The Kier molecular flexibility index (Phi) is 8.64. The number of hydrogen-bond acceptors (Lipinski definition) is 6. The molecule has 2 fully saturated rings. The number of carbonyl (C=O) groups is 3. The summed E-state index contributed by atoms with van der Waals surface area (Å²) in [6, 6.07) is 10.2. The lowest BCUT2D eigenvalue weighted by atomic mass is 9.80. The molecule has 11 heteroatoms. The van der Waals surface area contributed by atoms with E-state index in [1.807, 2.05) is 24.3 Å². The van der Waals surface area contributed by atoms with Crippen LogP contribution in [-0.2, 0) is 9.53 Å². The van der Waals surface area contributed by atoms with Crippen LogP contribution in [0.4, 0.5) is 18.4 Å².